The molecule has 3 nitrogen and oxygen atoms in total. The fraction of sp³-hybridized carbons (Fsp3) is 0.857. The second-order valence-electron chi connectivity index (χ2n) is 4.68. The zero-order valence-electron chi connectivity index (χ0n) is 12.3. The van der Waals surface area contributed by atoms with Gasteiger partial charge in [-0.25, -0.2) is 0 Å². The van der Waals surface area contributed by atoms with Gasteiger partial charge in [0, 0.05) is 11.3 Å². The Bertz CT molecular complexity index is 293. The minimum atomic E-state index is -0.856. The summed E-state index contributed by atoms with van der Waals surface area (Å²) in [5, 5.41) is 12.2. The second kappa shape index (κ2) is 7.68. The van der Waals surface area contributed by atoms with Crippen LogP contribution in [0.25, 0.3) is 0 Å². The first kappa shape index (κ1) is 17.3. The van der Waals surface area contributed by atoms with Crippen LogP contribution in [0.15, 0.2) is 0 Å². The molecule has 1 N–H and O–H groups in total. The normalized spacial score (nSPS) is 12.0. The molecule has 4 heteroatoms. The lowest BCUT2D eigenvalue weighted by atomic mass is 9.83. The number of nitrogens with zero attached hydrogens (tertiary/aromatic N) is 1. The first-order chi connectivity index (χ1) is 8.49. The van der Waals surface area contributed by atoms with Gasteiger partial charge in [0.2, 0.25) is 5.91 Å². The van der Waals surface area contributed by atoms with Crippen LogP contribution in [0.1, 0.15) is 53.4 Å². The van der Waals surface area contributed by atoms with Crippen LogP contribution in [-0.2, 0) is 4.79 Å². The van der Waals surface area contributed by atoms with Crippen molar-refractivity contribution < 1.29 is 4.79 Å². The molecule has 104 valence electrons. The number of amides is 1. The molecule has 0 heterocycles. The van der Waals surface area contributed by atoms with Crippen LogP contribution in [0.3, 0.4) is 0 Å². The molecule has 0 aliphatic carbocycles. The number of nitriles is 1. The van der Waals surface area contributed by atoms with Gasteiger partial charge in [-0.1, -0.05) is 27.7 Å². The number of rotatable bonds is 8. The van der Waals surface area contributed by atoms with E-state index in [1.807, 2.05) is 13.8 Å². The van der Waals surface area contributed by atoms with Crippen molar-refractivity contribution in [3.05, 3.63) is 0 Å². The van der Waals surface area contributed by atoms with Gasteiger partial charge < -0.3 is 5.32 Å². The Morgan fingerprint density at radius 2 is 1.67 bits per heavy atom. The van der Waals surface area contributed by atoms with Crippen molar-refractivity contribution in [2.45, 2.75) is 58.1 Å². The van der Waals surface area contributed by atoms with Crippen molar-refractivity contribution in [3.8, 4) is 6.07 Å². The van der Waals surface area contributed by atoms with Crippen molar-refractivity contribution in [1.29, 1.82) is 5.26 Å². The summed E-state index contributed by atoms with van der Waals surface area (Å²) in [4.78, 5) is 12.2. The van der Waals surface area contributed by atoms with E-state index in [2.05, 4.69) is 31.5 Å². The highest BCUT2D eigenvalue weighted by molar-refractivity contribution is 8.00. The molecule has 0 aromatic heterocycles. The Kier molecular flexibility index (Phi) is 7.39. The summed E-state index contributed by atoms with van der Waals surface area (Å²) >= 11 is 1.80. The van der Waals surface area contributed by atoms with Crippen molar-refractivity contribution in [2.75, 3.05) is 12.8 Å². The third-order valence-electron chi connectivity index (χ3n) is 4.15. The molecule has 1 amide bonds. The zero-order valence-corrected chi connectivity index (χ0v) is 13.1. The van der Waals surface area contributed by atoms with Crippen LogP contribution < -0.4 is 5.32 Å². The molecule has 18 heavy (non-hydrogen) atoms. The van der Waals surface area contributed by atoms with Crippen LogP contribution in [0.4, 0.5) is 0 Å². The van der Waals surface area contributed by atoms with Gasteiger partial charge in [0.1, 0.15) is 5.41 Å². The van der Waals surface area contributed by atoms with Crippen LogP contribution in [0.2, 0.25) is 0 Å². The Hall–Kier alpha value is -0.690. The maximum atomic E-state index is 12.2. The minimum absolute atomic E-state index is 0.0956. The van der Waals surface area contributed by atoms with Crippen molar-refractivity contribution >= 4 is 17.7 Å². The molecule has 0 aromatic rings. The van der Waals surface area contributed by atoms with Gasteiger partial charge in [-0.15, -0.1) is 0 Å². The summed E-state index contributed by atoms with van der Waals surface area (Å²) in [5.41, 5.74) is -0.856. The van der Waals surface area contributed by atoms with Crippen molar-refractivity contribution in [2.24, 2.45) is 5.41 Å². The van der Waals surface area contributed by atoms with Gasteiger partial charge in [-0.2, -0.15) is 17.0 Å². The van der Waals surface area contributed by atoms with Gasteiger partial charge in [0.05, 0.1) is 6.07 Å². The van der Waals surface area contributed by atoms with Gasteiger partial charge in [0.15, 0.2) is 0 Å². The molecule has 0 aliphatic heterocycles. The predicted octanol–water partition coefficient (Wildman–Crippen LogP) is 3.35. The fourth-order valence-electron chi connectivity index (χ4n) is 2.05. The maximum Gasteiger partial charge on any atom is 0.240 e. The Morgan fingerprint density at radius 1 is 1.17 bits per heavy atom. The lowest BCUT2D eigenvalue weighted by Gasteiger charge is -2.31. The monoisotopic (exact) mass is 270 g/mol. The number of thioether (sulfide) groups is 1. The fourth-order valence-corrected chi connectivity index (χ4v) is 2.85. The summed E-state index contributed by atoms with van der Waals surface area (Å²) in [6, 6.07) is 2.19. The molecule has 0 saturated carbocycles. The Morgan fingerprint density at radius 3 is 1.94 bits per heavy atom. The molecule has 0 fully saturated rings. The van der Waals surface area contributed by atoms with E-state index in [0.717, 1.165) is 12.8 Å². The zero-order chi connectivity index (χ0) is 14.2. The summed E-state index contributed by atoms with van der Waals surface area (Å²) in [6.07, 6.45) is 5.24. The standard InChI is InChI=1S/C14H26N2OS/c1-6-13(7-2,10-15)12(17)16-11-14(8-3,9-4)18-5/h6-9,11H2,1-5H3,(H,16,17). The highest BCUT2D eigenvalue weighted by Gasteiger charge is 2.36. The van der Waals surface area contributed by atoms with E-state index >= 15 is 0 Å². The van der Waals surface area contributed by atoms with E-state index < -0.39 is 5.41 Å². The average Bonchev–Trinajstić information content (AvgIpc) is 2.43. The molecule has 0 rings (SSSR count). The third-order valence-corrected chi connectivity index (χ3v) is 5.74. The van der Waals surface area contributed by atoms with Gasteiger partial charge in [0.25, 0.3) is 0 Å². The molecular weight excluding hydrogens is 244 g/mol. The minimum Gasteiger partial charge on any atom is -0.353 e. The van der Waals surface area contributed by atoms with Gasteiger partial charge in [-0.3, -0.25) is 4.79 Å². The largest absolute Gasteiger partial charge is 0.353 e. The Balaban J connectivity index is 4.73. The van der Waals surface area contributed by atoms with E-state index in [1.54, 1.807) is 11.8 Å². The van der Waals surface area contributed by atoms with E-state index in [0.29, 0.717) is 19.4 Å². The lowest BCUT2D eigenvalue weighted by molar-refractivity contribution is -0.128. The summed E-state index contributed by atoms with van der Waals surface area (Å²) < 4.78 is 0.0956. The second-order valence-corrected chi connectivity index (χ2v) is 5.95. The predicted molar refractivity (Wildman–Crippen MR) is 78.5 cm³/mol. The molecule has 0 atom stereocenters. The molecule has 0 spiro atoms. The topological polar surface area (TPSA) is 52.9 Å². The average molecular weight is 270 g/mol. The first-order valence-corrected chi connectivity index (χ1v) is 7.96. The van der Waals surface area contributed by atoms with Crippen LogP contribution in [-0.4, -0.2) is 23.5 Å². The smallest absolute Gasteiger partial charge is 0.240 e. The molecule has 0 aromatic carbocycles. The van der Waals surface area contributed by atoms with E-state index in [4.69, 9.17) is 0 Å². The van der Waals surface area contributed by atoms with E-state index in [-0.39, 0.29) is 10.7 Å². The van der Waals surface area contributed by atoms with Crippen LogP contribution >= 0.6 is 11.8 Å². The highest BCUT2D eigenvalue weighted by atomic mass is 32.2. The summed E-state index contributed by atoms with van der Waals surface area (Å²) in [6.45, 7) is 8.72. The van der Waals surface area contributed by atoms with Gasteiger partial charge in [-0.05, 0) is 31.9 Å². The maximum absolute atomic E-state index is 12.2. The number of hydrogen-bond acceptors (Lipinski definition) is 3. The quantitative estimate of drug-likeness (QED) is 0.736. The number of carbonyl (C=O) groups is 1. The lowest BCUT2D eigenvalue weighted by Crippen LogP contribution is -2.46. The van der Waals surface area contributed by atoms with Crippen molar-refractivity contribution in [1.82, 2.24) is 5.32 Å². The third kappa shape index (κ3) is 3.65. The summed E-state index contributed by atoms with van der Waals surface area (Å²) in [5.74, 6) is -0.115. The molecule has 0 aliphatic rings. The van der Waals surface area contributed by atoms with Crippen molar-refractivity contribution in [3.63, 3.8) is 0 Å². The molecule has 0 radical (unpaired) electrons. The van der Waals surface area contributed by atoms with Crippen LogP contribution in [0, 0.1) is 16.7 Å². The SMILES string of the molecule is CCC(CC)(CNC(=O)C(C#N)(CC)CC)SC. The van der Waals surface area contributed by atoms with Gasteiger partial charge >= 0.3 is 0 Å². The number of carbonyl (C=O) groups excluding carboxylic acids is 1. The van der Waals surface area contributed by atoms with E-state index in [9.17, 15) is 10.1 Å². The number of hydrogen-bond donors (Lipinski definition) is 1. The first-order valence-electron chi connectivity index (χ1n) is 6.74. The highest BCUT2D eigenvalue weighted by Crippen LogP contribution is 2.31. The Labute approximate surface area is 116 Å². The molecule has 0 bridgehead atoms. The molecular formula is C14H26N2OS. The summed E-state index contributed by atoms with van der Waals surface area (Å²) in [7, 11) is 0. The molecule has 0 saturated heterocycles. The van der Waals surface area contributed by atoms with Crippen LogP contribution in [0.5, 0.6) is 0 Å². The molecule has 0 unspecified atom stereocenters. The number of nitrogens with one attached hydrogen (secondary N) is 1. The van der Waals surface area contributed by atoms with E-state index in [1.165, 1.54) is 0 Å².